The van der Waals surface area contributed by atoms with Crippen LogP contribution in [0.25, 0.3) is 5.69 Å². The molecule has 0 spiro atoms. The van der Waals surface area contributed by atoms with Crippen LogP contribution in [0.4, 0.5) is 0 Å². The standard InChI is InChI=1S/C20H27N3O/c1-15-19(12-13-20(24)21-14-17-8-6-7-9-17)16(2)23(22-15)18-10-4-3-5-11-18/h3-5,10-11,17H,6-9,12-14H2,1-2H3,(H,21,24). The molecule has 1 aromatic carbocycles. The molecule has 1 aliphatic rings. The maximum Gasteiger partial charge on any atom is 0.220 e. The first-order valence-electron chi connectivity index (χ1n) is 9.02. The van der Waals surface area contributed by atoms with Crippen LogP contribution in [0.2, 0.25) is 0 Å². The van der Waals surface area contributed by atoms with Crippen LogP contribution in [0.5, 0.6) is 0 Å². The quantitative estimate of drug-likeness (QED) is 0.879. The number of amides is 1. The number of aryl methyl sites for hydroxylation is 1. The van der Waals surface area contributed by atoms with Gasteiger partial charge in [0.15, 0.2) is 0 Å². The maximum atomic E-state index is 12.1. The Morgan fingerprint density at radius 2 is 1.92 bits per heavy atom. The van der Waals surface area contributed by atoms with Crippen molar-refractivity contribution >= 4 is 5.91 Å². The average molecular weight is 325 g/mol. The lowest BCUT2D eigenvalue weighted by Gasteiger charge is -2.10. The van der Waals surface area contributed by atoms with Gasteiger partial charge in [0.25, 0.3) is 0 Å². The summed E-state index contributed by atoms with van der Waals surface area (Å²) in [5.74, 6) is 0.853. The highest BCUT2D eigenvalue weighted by molar-refractivity contribution is 5.76. The minimum atomic E-state index is 0.160. The van der Waals surface area contributed by atoms with Gasteiger partial charge in [0, 0.05) is 18.7 Å². The van der Waals surface area contributed by atoms with Crippen LogP contribution in [0, 0.1) is 19.8 Å². The molecule has 0 aliphatic heterocycles. The van der Waals surface area contributed by atoms with Crippen LogP contribution in [0.15, 0.2) is 30.3 Å². The van der Waals surface area contributed by atoms with Gasteiger partial charge in [0.1, 0.15) is 0 Å². The van der Waals surface area contributed by atoms with Crippen LogP contribution < -0.4 is 5.32 Å². The SMILES string of the molecule is Cc1nn(-c2ccccc2)c(C)c1CCC(=O)NCC1CCCC1. The Balaban J connectivity index is 1.59. The van der Waals surface area contributed by atoms with Crippen LogP contribution in [0.1, 0.15) is 49.1 Å². The van der Waals surface area contributed by atoms with Crippen molar-refractivity contribution in [3.05, 3.63) is 47.3 Å². The number of carbonyl (C=O) groups excluding carboxylic acids is 1. The molecule has 2 aromatic rings. The Labute approximate surface area is 144 Å². The molecule has 24 heavy (non-hydrogen) atoms. The number of hydrogen-bond donors (Lipinski definition) is 1. The topological polar surface area (TPSA) is 46.9 Å². The Hall–Kier alpha value is -2.10. The van der Waals surface area contributed by atoms with Crippen LogP contribution >= 0.6 is 0 Å². The Kier molecular flexibility index (Phi) is 5.34. The molecule has 4 nitrogen and oxygen atoms in total. The van der Waals surface area contributed by atoms with E-state index < -0.39 is 0 Å². The summed E-state index contributed by atoms with van der Waals surface area (Å²) in [5.41, 5.74) is 4.40. The second kappa shape index (κ2) is 7.65. The first-order valence-corrected chi connectivity index (χ1v) is 9.02. The molecule has 1 saturated carbocycles. The molecule has 1 N–H and O–H groups in total. The second-order valence-corrected chi connectivity index (χ2v) is 6.85. The zero-order valence-electron chi connectivity index (χ0n) is 14.7. The molecule has 0 atom stereocenters. The summed E-state index contributed by atoms with van der Waals surface area (Å²) in [6.07, 6.45) is 6.45. The molecule has 0 radical (unpaired) electrons. The van der Waals surface area contributed by atoms with Crippen LogP contribution in [-0.2, 0) is 11.2 Å². The number of rotatable bonds is 6. The van der Waals surface area contributed by atoms with Crippen LogP contribution in [0.3, 0.4) is 0 Å². The molecule has 1 heterocycles. The molecule has 3 rings (SSSR count). The summed E-state index contributed by atoms with van der Waals surface area (Å²) in [6.45, 7) is 4.96. The van der Waals surface area contributed by atoms with Gasteiger partial charge in [-0.2, -0.15) is 5.10 Å². The smallest absolute Gasteiger partial charge is 0.220 e. The molecular weight excluding hydrogens is 298 g/mol. The van der Waals surface area contributed by atoms with E-state index in [-0.39, 0.29) is 5.91 Å². The lowest BCUT2D eigenvalue weighted by molar-refractivity contribution is -0.121. The van der Waals surface area contributed by atoms with Crippen molar-refractivity contribution in [2.24, 2.45) is 5.92 Å². The van der Waals surface area contributed by atoms with Crippen molar-refractivity contribution in [3.8, 4) is 5.69 Å². The summed E-state index contributed by atoms with van der Waals surface area (Å²) in [6, 6.07) is 10.1. The van der Waals surface area contributed by atoms with Gasteiger partial charge in [-0.1, -0.05) is 31.0 Å². The molecule has 1 amide bonds. The first-order chi connectivity index (χ1) is 11.6. The van der Waals surface area contributed by atoms with E-state index in [9.17, 15) is 4.79 Å². The van der Waals surface area contributed by atoms with Crippen molar-refractivity contribution in [2.75, 3.05) is 6.54 Å². The van der Waals surface area contributed by atoms with E-state index in [1.165, 1.54) is 31.2 Å². The Morgan fingerprint density at radius 3 is 2.62 bits per heavy atom. The number of hydrogen-bond acceptors (Lipinski definition) is 2. The fraction of sp³-hybridized carbons (Fsp3) is 0.500. The van der Waals surface area contributed by atoms with Crippen molar-refractivity contribution in [1.29, 1.82) is 0 Å². The van der Waals surface area contributed by atoms with Gasteiger partial charge in [-0.3, -0.25) is 4.79 Å². The maximum absolute atomic E-state index is 12.1. The van der Waals surface area contributed by atoms with Crippen molar-refractivity contribution < 1.29 is 4.79 Å². The zero-order valence-corrected chi connectivity index (χ0v) is 14.7. The van der Waals surface area contributed by atoms with E-state index in [1.54, 1.807) is 0 Å². The monoisotopic (exact) mass is 325 g/mol. The highest BCUT2D eigenvalue weighted by atomic mass is 16.1. The number of nitrogens with one attached hydrogen (secondary N) is 1. The van der Waals surface area contributed by atoms with E-state index in [0.29, 0.717) is 12.3 Å². The third kappa shape index (κ3) is 3.86. The van der Waals surface area contributed by atoms with Gasteiger partial charge in [-0.25, -0.2) is 4.68 Å². The Morgan fingerprint density at radius 1 is 1.21 bits per heavy atom. The van der Waals surface area contributed by atoms with E-state index >= 15 is 0 Å². The summed E-state index contributed by atoms with van der Waals surface area (Å²) in [5, 5.41) is 7.76. The lowest BCUT2D eigenvalue weighted by Crippen LogP contribution is -2.28. The normalized spacial score (nSPS) is 14.9. The van der Waals surface area contributed by atoms with E-state index in [1.807, 2.05) is 29.8 Å². The highest BCUT2D eigenvalue weighted by Gasteiger charge is 2.17. The number of benzene rings is 1. The molecular formula is C20H27N3O. The van der Waals surface area contributed by atoms with E-state index in [0.717, 1.165) is 30.0 Å². The highest BCUT2D eigenvalue weighted by Crippen LogP contribution is 2.24. The zero-order chi connectivity index (χ0) is 16.9. The molecule has 1 aliphatic carbocycles. The van der Waals surface area contributed by atoms with Gasteiger partial charge in [-0.05, 0) is 56.7 Å². The molecule has 1 fully saturated rings. The molecule has 0 saturated heterocycles. The van der Waals surface area contributed by atoms with Crippen molar-refractivity contribution in [1.82, 2.24) is 15.1 Å². The molecule has 0 bridgehead atoms. The van der Waals surface area contributed by atoms with Gasteiger partial charge in [0.05, 0.1) is 11.4 Å². The summed E-state index contributed by atoms with van der Waals surface area (Å²) in [4.78, 5) is 12.1. The Bertz CT molecular complexity index is 684. The minimum absolute atomic E-state index is 0.160. The molecule has 128 valence electrons. The lowest BCUT2D eigenvalue weighted by atomic mass is 10.1. The second-order valence-electron chi connectivity index (χ2n) is 6.85. The number of carbonyl (C=O) groups is 1. The number of aromatic nitrogens is 2. The van der Waals surface area contributed by atoms with Gasteiger partial charge >= 0.3 is 0 Å². The minimum Gasteiger partial charge on any atom is -0.356 e. The fourth-order valence-corrected chi connectivity index (χ4v) is 3.66. The molecule has 0 unspecified atom stereocenters. The van der Waals surface area contributed by atoms with Gasteiger partial charge < -0.3 is 5.32 Å². The first kappa shape index (κ1) is 16.7. The van der Waals surface area contributed by atoms with Crippen LogP contribution in [-0.4, -0.2) is 22.2 Å². The largest absolute Gasteiger partial charge is 0.356 e. The summed E-state index contributed by atoms with van der Waals surface area (Å²) in [7, 11) is 0. The number of nitrogens with zero attached hydrogens (tertiary/aromatic N) is 2. The third-order valence-electron chi connectivity index (χ3n) is 5.11. The van der Waals surface area contributed by atoms with Gasteiger partial charge in [-0.15, -0.1) is 0 Å². The van der Waals surface area contributed by atoms with E-state index in [2.05, 4.69) is 29.5 Å². The van der Waals surface area contributed by atoms with Crippen molar-refractivity contribution in [3.63, 3.8) is 0 Å². The molecule has 4 heteroatoms. The predicted molar refractivity (Wildman–Crippen MR) is 96.3 cm³/mol. The summed E-state index contributed by atoms with van der Waals surface area (Å²) < 4.78 is 1.97. The van der Waals surface area contributed by atoms with Crippen molar-refractivity contribution in [2.45, 2.75) is 52.4 Å². The van der Waals surface area contributed by atoms with E-state index in [4.69, 9.17) is 0 Å². The van der Waals surface area contributed by atoms with Gasteiger partial charge in [0.2, 0.25) is 5.91 Å². The fourth-order valence-electron chi connectivity index (χ4n) is 3.66. The molecule has 1 aromatic heterocycles. The predicted octanol–water partition coefficient (Wildman–Crippen LogP) is 3.73. The third-order valence-corrected chi connectivity index (χ3v) is 5.11. The number of para-hydroxylation sites is 1. The average Bonchev–Trinajstić information content (AvgIpc) is 3.21. The summed E-state index contributed by atoms with van der Waals surface area (Å²) >= 11 is 0.